The third-order valence-electron chi connectivity index (χ3n) is 4.06. The second kappa shape index (κ2) is 8.60. The maximum atomic E-state index is 12.6. The van der Waals surface area contributed by atoms with E-state index in [1.54, 1.807) is 6.20 Å². The molecule has 1 unspecified atom stereocenters. The molecule has 2 heterocycles. The Morgan fingerprint density at radius 1 is 1.22 bits per heavy atom. The molecule has 1 fully saturated rings. The number of carbonyl (C=O) groups is 1. The SMILES string of the molecule is O=C1C(Nc2cncc(SCc3ccccc3)n2)CCCN1CC(F)(F)F. The van der Waals surface area contributed by atoms with Gasteiger partial charge in [-0.05, 0) is 18.4 Å². The van der Waals surface area contributed by atoms with Crippen LogP contribution in [-0.2, 0) is 10.5 Å². The third kappa shape index (κ3) is 5.85. The maximum Gasteiger partial charge on any atom is 0.406 e. The zero-order valence-electron chi connectivity index (χ0n) is 14.4. The monoisotopic (exact) mass is 396 g/mol. The van der Waals surface area contributed by atoms with Crippen molar-refractivity contribution in [1.82, 2.24) is 14.9 Å². The number of alkyl halides is 3. The van der Waals surface area contributed by atoms with Crippen LogP contribution in [0.3, 0.4) is 0 Å². The molecule has 0 radical (unpaired) electrons. The number of rotatable bonds is 6. The standard InChI is InChI=1S/C18H19F3N4OS/c19-18(20,21)12-25-8-4-7-14(17(25)26)23-15-9-22-10-16(24-15)27-11-13-5-2-1-3-6-13/h1-3,5-6,9-10,14H,4,7-8,11-12H2,(H,23,24). The summed E-state index contributed by atoms with van der Waals surface area (Å²) in [4.78, 5) is 21.7. The number of nitrogens with one attached hydrogen (secondary N) is 1. The lowest BCUT2D eigenvalue weighted by atomic mass is 10.0. The van der Waals surface area contributed by atoms with E-state index in [1.807, 2.05) is 30.3 Å². The lowest BCUT2D eigenvalue weighted by Gasteiger charge is -2.33. The number of hydrogen-bond donors (Lipinski definition) is 1. The van der Waals surface area contributed by atoms with Crippen molar-refractivity contribution in [1.29, 1.82) is 0 Å². The molecule has 27 heavy (non-hydrogen) atoms. The van der Waals surface area contributed by atoms with E-state index in [0.717, 1.165) is 16.2 Å². The highest BCUT2D eigenvalue weighted by Crippen LogP contribution is 2.24. The van der Waals surface area contributed by atoms with Crippen LogP contribution in [0, 0.1) is 0 Å². The number of likely N-dealkylation sites (tertiary alicyclic amines) is 1. The molecule has 1 aliphatic heterocycles. The van der Waals surface area contributed by atoms with Gasteiger partial charge >= 0.3 is 6.18 Å². The number of halogens is 3. The Labute approximate surface area is 159 Å². The van der Waals surface area contributed by atoms with Crippen molar-refractivity contribution in [2.45, 2.75) is 35.8 Å². The van der Waals surface area contributed by atoms with Crippen molar-refractivity contribution in [2.24, 2.45) is 0 Å². The topological polar surface area (TPSA) is 58.1 Å². The van der Waals surface area contributed by atoms with Gasteiger partial charge in [0, 0.05) is 12.3 Å². The van der Waals surface area contributed by atoms with Crippen LogP contribution in [0.25, 0.3) is 0 Å². The molecule has 5 nitrogen and oxygen atoms in total. The Hall–Kier alpha value is -2.29. The van der Waals surface area contributed by atoms with Gasteiger partial charge < -0.3 is 10.2 Å². The first-order chi connectivity index (χ1) is 12.9. The zero-order chi connectivity index (χ0) is 19.3. The quantitative estimate of drug-likeness (QED) is 0.754. The minimum atomic E-state index is -4.40. The average Bonchev–Trinajstić information content (AvgIpc) is 2.63. The molecule has 2 aromatic rings. The van der Waals surface area contributed by atoms with E-state index in [4.69, 9.17) is 0 Å². The molecule has 1 atom stereocenters. The van der Waals surface area contributed by atoms with Gasteiger partial charge in [0.05, 0.1) is 12.4 Å². The average molecular weight is 396 g/mol. The fourth-order valence-electron chi connectivity index (χ4n) is 2.84. The molecule has 9 heteroatoms. The highest BCUT2D eigenvalue weighted by atomic mass is 32.2. The van der Waals surface area contributed by atoms with Crippen LogP contribution in [0.4, 0.5) is 19.0 Å². The number of anilines is 1. The predicted octanol–water partition coefficient (Wildman–Crippen LogP) is 3.73. The number of carbonyl (C=O) groups excluding carboxylic acids is 1. The van der Waals surface area contributed by atoms with Crippen molar-refractivity contribution in [3.8, 4) is 0 Å². The van der Waals surface area contributed by atoms with Crippen LogP contribution in [0.15, 0.2) is 47.8 Å². The second-order valence-electron chi connectivity index (χ2n) is 6.23. The van der Waals surface area contributed by atoms with Gasteiger partial charge in [-0.3, -0.25) is 9.78 Å². The first kappa shape index (κ1) is 19.5. The minimum absolute atomic E-state index is 0.120. The van der Waals surface area contributed by atoms with E-state index < -0.39 is 24.7 Å². The van der Waals surface area contributed by atoms with Gasteiger partial charge in [0.15, 0.2) is 0 Å². The van der Waals surface area contributed by atoms with Crippen LogP contribution in [0.2, 0.25) is 0 Å². The number of hydrogen-bond acceptors (Lipinski definition) is 5. The van der Waals surface area contributed by atoms with Crippen molar-refractivity contribution in [3.05, 3.63) is 48.3 Å². The summed E-state index contributed by atoms with van der Waals surface area (Å²) in [5.41, 5.74) is 1.15. The molecule has 0 spiro atoms. The van der Waals surface area contributed by atoms with E-state index in [-0.39, 0.29) is 6.54 Å². The Kier molecular flexibility index (Phi) is 6.20. The van der Waals surface area contributed by atoms with Crippen LogP contribution >= 0.6 is 11.8 Å². The number of benzene rings is 1. The summed E-state index contributed by atoms with van der Waals surface area (Å²) in [7, 11) is 0. The Morgan fingerprint density at radius 3 is 2.74 bits per heavy atom. The number of aromatic nitrogens is 2. The summed E-state index contributed by atoms with van der Waals surface area (Å²) in [6.07, 6.45) is -0.322. The van der Waals surface area contributed by atoms with Crippen molar-refractivity contribution < 1.29 is 18.0 Å². The molecule has 144 valence electrons. The van der Waals surface area contributed by atoms with Gasteiger partial charge in [-0.15, -0.1) is 11.8 Å². The van der Waals surface area contributed by atoms with E-state index in [0.29, 0.717) is 23.7 Å². The summed E-state index contributed by atoms with van der Waals surface area (Å²) >= 11 is 1.50. The fourth-order valence-corrected chi connectivity index (χ4v) is 3.65. The second-order valence-corrected chi connectivity index (χ2v) is 7.23. The minimum Gasteiger partial charge on any atom is -0.357 e. The van der Waals surface area contributed by atoms with E-state index in [2.05, 4.69) is 15.3 Å². The third-order valence-corrected chi connectivity index (χ3v) is 5.03. The molecule has 0 bridgehead atoms. The van der Waals surface area contributed by atoms with Gasteiger partial charge in [-0.25, -0.2) is 4.98 Å². The number of piperidine rings is 1. The van der Waals surface area contributed by atoms with Gasteiger partial charge in [-0.2, -0.15) is 13.2 Å². The van der Waals surface area contributed by atoms with E-state index >= 15 is 0 Å². The Balaban J connectivity index is 1.61. The Morgan fingerprint density at radius 2 is 2.00 bits per heavy atom. The lowest BCUT2D eigenvalue weighted by Crippen LogP contribution is -2.50. The normalized spacial score (nSPS) is 17.8. The molecular weight excluding hydrogens is 377 g/mol. The summed E-state index contributed by atoms with van der Waals surface area (Å²) in [5, 5.41) is 3.62. The molecule has 1 amide bonds. The zero-order valence-corrected chi connectivity index (χ0v) is 15.3. The molecule has 0 aliphatic carbocycles. The fraction of sp³-hybridized carbons (Fsp3) is 0.389. The van der Waals surface area contributed by atoms with Gasteiger partial charge in [0.2, 0.25) is 5.91 Å². The summed E-state index contributed by atoms with van der Waals surface area (Å²) in [6, 6.07) is 9.17. The Bertz CT molecular complexity index is 773. The number of thioether (sulfide) groups is 1. The highest BCUT2D eigenvalue weighted by Gasteiger charge is 2.37. The molecule has 1 aliphatic rings. The van der Waals surface area contributed by atoms with Crippen LogP contribution in [0.5, 0.6) is 0 Å². The molecular formula is C18H19F3N4OS. The number of amides is 1. The van der Waals surface area contributed by atoms with Crippen LogP contribution < -0.4 is 5.32 Å². The molecule has 1 aromatic heterocycles. The summed E-state index contributed by atoms with van der Waals surface area (Å²) in [6.45, 7) is -1.10. The van der Waals surface area contributed by atoms with Gasteiger partial charge in [-0.1, -0.05) is 30.3 Å². The van der Waals surface area contributed by atoms with Crippen LogP contribution in [0.1, 0.15) is 18.4 Å². The first-order valence-corrected chi connectivity index (χ1v) is 9.50. The predicted molar refractivity (Wildman–Crippen MR) is 97.3 cm³/mol. The summed E-state index contributed by atoms with van der Waals surface area (Å²) < 4.78 is 37.8. The smallest absolute Gasteiger partial charge is 0.357 e. The van der Waals surface area contributed by atoms with E-state index in [9.17, 15) is 18.0 Å². The first-order valence-electron chi connectivity index (χ1n) is 8.51. The van der Waals surface area contributed by atoms with Gasteiger partial charge in [0.1, 0.15) is 23.4 Å². The maximum absolute atomic E-state index is 12.6. The van der Waals surface area contributed by atoms with Crippen molar-refractivity contribution in [2.75, 3.05) is 18.4 Å². The molecule has 3 rings (SSSR count). The largest absolute Gasteiger partial charge is 0.406 e. The molecule has 0 saturated carbocycles. The van der Waals surface area contributed by atoms with Crippen molar-refractivity contribution >= 4 is 23.5 Å². The molecule has 1 N–H and O–H groups in total. The number of nitrogens with zero attached hydrogens (tertiary/aromatic N) is 3. The summed E-state index contributed by atoms with van der Waals surface area (Å²) in [5.74, 6) is 0.559. The lowest BCUT2D eigenvalue weighted by molar-refractivity contribution is -0.163. The van der Waals surface area contributed by atoms with Crippen LogP contribution in [-0.4, -0.2) is 46.1 Å². The van der Waals surface area contributed by atoms with Gasteiger partial charge in [0.25, 0.3) is 0 Å². The van der Waals surface area contributed by atoms with Crippen molar-refractivity contribution in [3.63, 3.8) is 0 Å². The highest BCUT2D eigenvalue weighted by molar-refractivity contribution is 7.98. The molecule has 1 saturated heterocycles. The van der Waals surface area contributed by atoms with E-state index in [1.165, 1.54) is 18.0 Å². The molecule has 1 aromatic carbocycles.